The van der Waals surface area contributed by atoms with Crippen LogP contribution in [0.25, 0.3) is 0 Å². The van der Waals surface area contributed by atoms with Crippen molar-refractivity contribution in [3.63, 3.8) is 0 Å². The maximum atomic E-state index is 12.1. The number of sulfonamides is 1. The molecule has 6 heteroatoms. The van der Waals surface area contributed by atoms with E-state index in [4.69, 9.17) is 4.74 Å². The highest BCUT2D eigenvalue weighted by Crippen LogP contribution is 2.31. The Morgan fingerprint density at radius 2 is 2.15 bits per heavy atom. The topological polar surface area (TPSA) is 67.4 Å². The summed E-state index contributed by atoms with van der Waals surface area (Å²) in [5.74, 6) is 0.929. The molecular weight excluding hydrogens is 276 g/mol. The molecule has 0 aromatic heterocycles. The molecular formula is C14H22N2O3S. The third-order valence-electron chi connectivity index (χ3n) is 3.30. The Labute approximate surface area is 120 Å². The van der Waals surface area contributed by atoms with Crippen molar-refractivity contribution in [1.82, 2.24) is 10.0 Å². The van der Waals surface area contributed by atoms with E-state index in [1.165, 1.54) is 0 Å². The van der Waals surface area contributed by atoms with Gasteiger partial charge in [0.25, 0.3) is 0 Å². The number of nitrogens with one attached hydrogen (secondary N) is 2. The lowest BCUT2D eigenvalue weighted by atomic mass is 10.0. The van der Waals surface area contributed by atoms with Gasteiger partial charge in [-0.1, -0.05) is 25.1 Å². The maximum Gasteiger partial charge on any atom is 0.212 e. The molecule has 112 valence electrons. The molecule has 1 aliphatic rings. The number of fused-ring (bicyclic) bond motifs is 1. The first-order valence-electron chi connectivity index (χ1n) is 7.05. The fourth-order valence-corrected chi connectivity index (χ4v) is 3.62. The molecule has 5 nitrogen and oxygen atoms in total. The van der Waals surface area contributed by atoms with Gasteiger partial charge in [-0.3, -0.25) is 0 Å². The van der Waals surface area contributed by atoms with Crippen molar-refractivity contribution in [3.05, 3.63) is 29.8 Å². The Morgan fingerprint density at radius 1 is 1.35 bits per heavy atom. The van der Waals surface area contributed by atoms with Crippen LogP contribution in [0.15, 0.2) is 24.3 Å². The van der Waals surface area contributed by atoms with Gasteiger partial charge in [-0.2, -0.15) is 0 Å². The van der Waals surface area contributed by atoms with Gasteiger partial charge in [-0.15, -0.1) is 0 Å². The SMILES string of the molecule is CCNCCCS(=O)(=O)NC1CCOc2ccccc21. The van der Waals surface area contributed by atoms with E-state index in [9.17, 15) is 8.42 Å². The molecule has 0 radical (unpaired) electrons. The number of hydrogen-bond acceptors (Lipinski definition) is 4. The van der Waals surface area contributed by atoms with Gasteiger partial charge in [-0.25, -0.2) is 13.1 Å². The molecule has 0 saturated carbocycles. The van der Waals surface area contributed by atoms with E-state index in [2.05, 4.69) is 10.0 Å². The van der Waals surface area contributed by atoms with Crippen LogP contribution in [0.2, 0.25) is 0 Å². The summed E-state index contributed by atoms with van der Waals surface area (Å²) in [5, 5.41) is 3.13. The van der Waals surface area contributed by atoms with Crippen LogP contribution < -0.4 is 14.8 Å². The van der Waals surface area contributed by atoms with Gasteiger partial charge in [0.15, 0.2) is 0 Å². The van der Waals surface area contributed by atoms with Crippen molar-refractivity contribution in [2.24, 2.45) is 0 Å². The summed E-state index contributed by atoms with van der Waals surface area (Å²) in [5.41, 5.74) is 0.925. The molecule has 20 heavy (non-hydrogen) atoms. The molecule has 0 amide bonds. The van der Waals surface area contributed by atoms with E-state index >= 15 is 0 Å². The summed E-state index contributed by atoms with van der Waals surface area (Å²) in [6.07, 6.45) is 1.29. The van der Waals surface area contributed by atoms with Crippen LogP contribution in [0.4, 0.5) is 0 Å². The Balaban J connectivity index is 1.96. The molecule has 1 atom stereocenters. The van der Waals surface area contributed by atoms with Gasteiger partial charge in [0.2, 0.25) is 10.0 Å². The highest BCUT2D eigenvalue weighted by molar-refractivity contribution is 7.89. The second-order valence-electron chi connectivity index (χ2n) is 4.87. The van der Waals surface area contributed by atoms with Crippen molar-refractivity contribution in [3.8, 4) is 5.75 Å². The average molecular weight is 298 g/mol. The number of benzene rings is 1. The molecule has 1 heterocycles. The predicted octanol–water partition coefficient (Wildman–Crippen LogP) is 1.43. The fraction of sp³-hybridized carbons (Fsp3) is 0.571. The minimum Gasteiger partial charge on any atom is -0.493 e. The molecule has 0 saturated heterocycles. The van der Waals surface area contributed by atoms with Gasteiger partial charge in [-0.05, 0) is 25.6 Å². The molecule has 1 aliphatic heterocycles. The number of para-hydroxylation sites is 1. The van der Waals surface area contributed by atoms with E-state index in [1.807, 2.05) is 31.2 Å². The zero-order valence-electron chi connectivity index (χ0n) is 11.8. The molecule has 1 aromatic carbocycles. The zero-order chi connectivity index (χ0) is 14.4. The monoisotopic (exact) mass is 298 g/mol. The van der Waals surface area contributed by atoms with Crippen LogP contribution in [0.3, 0.4) is 0 Å². The molecule has 2 N–H and O–H groups in total. The Morgan fingerprint density at radius 3 is 2.95 bits per heavy atom. The van der Waals surface area contributed by atoms with Gasteiger partial charge >= 0.3 is 0 Å². The minimum absolute atomic E-state index is 0.152. The van der Waals surface area contributed by atoms with Crippen LogP contribution in [0.5, 0.6) is 5.75 Å². The zero-order valence-corrected chi connectivity index (χ0v) is 12.6. The van der Waals surface area contributed by atoms with E-state index in [1.54, 1.807) is 0 Å². The van der Waals surface area contributed by atoms with Gasteiger partial charge in [0, 0.05) is 12.0 Å². The van der Waals surface area contributed by atoms with Gasteiger partial charge in [0.05, 0.1) is 18.4 Å². The smallest absolute Gasteiger partial charge is 0.212 e. The first kappa shape index (κ1) is 15.3. The number of hydrogen-bond donors (Lipinski definition) is 2. The summed E-state index contributed by atoms with van der Waals surface area (Å²) >= 11 is 0. The largest absolute Gasteiger partial charge is 0.493 e. The maximum absolute atomic E-state index is 12.1. The third-order valence-corrected chi connectivity index (χ3v) is 4.77. The highest BCUT2D eigenvalue weighted by atomic mass is 32.2. The summed E-state index contributed by atoms with van der Waals surface area (Å²) in [4.78, 5) is 0. The molecule has 1 aromatic rings. The Kier molecular flexibility index (Phi) is 5.39. The first-order chi connectivity index (χ1) is 9.62. The molecule has 0 aliphatic carbocycles. The average Bonchev–Trinajstić information content (AvgIpc) is 2.44. The van der Waals surface area contributed by atoms with Crippen LogP contribution in [-0.2, 0) is 10.0 Å². The summed E-state index contributed by atoms with van der Waals surface area (Å²) in [6, 6.07) is 7.41. The third kappa shape index (κ3) is 4.19. The van der Waals surface area contributed by atoms with Gasteiger partial charge < -0.3 is 10.1 Å². The highest BCUT2D eigenvalue weighted by Gasteiger charge is 2.25. The first-order valence-corrected chi connectivity index (χ1v) is 8.70. The van der Waals surface area contributed by atoms with Crippen LogP contribution >= 0.6 is 0 Å². The lowest BCUT2D eigenvalue weighted by Gasteiger charge is -2.26. The normalized spacial score (nSPS) is 18.4. The van der Waals surface area contributed by atoms with Crippen LogP contribution in [-0.4, -0.2) is 33.9 Å². The second-order valence-corrected chi connectivity index (χ2v) is 6.74. The predicted molar refractivity (Wildman–Crippen MR) is 79.4 cm³/mol. The van der Waals surface area contributed by atoms with Gasteiger partial charge in [0.1, 0.15) is 5.75 Å². The van der Waals surface area contributed by atoms with Crippen molar-refractivity contribution in [1.29, 1.82) is 0 Å². The molecule has 1 unspecified atom stereocenters. The summed E-state index contributed by atoms with van der Waals surface area (Å²) in [7, 11) is -3.25. The second kappa shape index (κ2) is 7.06. The van der Waals surface area contributed by atoms with Crippen molar-refractivity contribution in [2.45, 2.75) is 25.8 Å². The molecule has 2 rings (SSSR count). The van der Waals surface area contributed by atoms with E-state index in [0.717, 1.165) is 24.4 Å². The molecule has 0 fully saturated rings. The minimum atomic E-state index is -3.25. The van der Waals surface area contributed by atoms with Crippen molar-refractivity contribution >= 4 is 10.0 Å². The summed E-state index contributed by atoms with van der Waals surface area (Å²) in [6.45, 7) is 4.13. The fourth-order valence-electron chi connectivity index (χ4n) is 2.30. The summed E-state index contributed by atoms with van der Waals surface area (Å²) < 4.78 is 32.5. The van der Waals surface area contributed by atoms with E-state index < -0.39 is 10.0 Å². The van der Waals surface area contributed by atoms with E-state index in [0.29, 0.717) is 19.4 Å². The molecule has 0 bridgehead atoms. The lowest BCUT2D eigenvalue weighted by molar-refractivity contribution is 0.263. The van der Waals surface area contributed by atoms with Crippen molar-refractivity contribution in [2.75, 3.05) is 25.4 Å². The Hall–Kier alpha value is -1.11. The van der Waals surface area contributed by atoms with Crippen LogP contribution in [0.1, 0.15) is 31.4 Å². The standard InChI is InChI=1S/C14H22N2O3S/c1-2-15-9-5-11-20(17,18)16-13-8-10-19-14-7-4-3-6-12(13)14/h3-4,6-7,13,15-16H,2,5,8-11H2,1H3. The number of ether oxygens (including phenoxy) is 1. The van der Waals surface area contributed by atoms with E-state index in [-0.39, 0.29) is 11.8 Å². The van der Waals surface area contributed by atoms with Crippen molar-refractivity contribution < 1.29 is 13.2 Å². The van der Waals surface area contributed by atoms with Crippen LogP contribution in [0, 0.1) is 0 Å². The Bertz CT molecular complexity index is 531. The number of rotatable bonds is 7. The quantitative estimate of drug-likeness (QED) is 0.747. The lowest BCUT2D eigenvalue weighted by Crippen LogP contribution is -2.34. The molecule has 0 spiro atoms.